The number of aryl methyl sites for hydroxylation is 1. The van der Waals surface area contributed by atoms with Crippen LogP contribution in [0.5, 0.6) is 5.75 Å². The van der Waals surface area contributed by atoms with Crippen LogP contribution in [-0.4, -0.2) is 36.4 Å². The minimum Gasteiger partial charge on any atom is -0.497 e. The summed E-state index contributed by atoms with van der Waals surface area (Å²) in [7, 11) is 1.38. The number of ether oxygens (including phenoxy) is 2. The third kappa shape index (κ3) is 7.42. The number of esters is 1. The Morgan fingerprint density at radius 3 is 2.39 bits per heavy atom. The number of benzene rings is 2. The summed E-state index contributed by atoms with van der Waals surface area (Å²) in [6, 6.07) is 11.2. The topological polar surface area (TPSA) is 137 Å². The van der Waals surface area contributed by atoms with Crippen molar-refractivity contribution >= 4 is 34.8 Å². The predicted molar refractivity (Wildman–Crippen MR) is 113 cm³/mol. The minimum absolute atomic E-state index is 0.0478. The van der Waals surface area contributed by atoms with Gasteiger partial charge in [0.05, 0.1) is 12.0 Å². The zero-order valence-corrected chi connectivity index (χ0v) is 17.2. The molecule has 0 heterocycles. The molecule has 0 saturated carbocycles. The van der Waals surface area contributed by atoms with Crippen LogP contribution in [0.2, 0.25) is 0 Å². The fraction of sp³-hybridized carbons (Fsp3) is 0.286. The van der Waals surface area contributed by atoms with E-state index in [1.165, 1.54) is 25.3 Å². The molecule has 2 N–H and O–H groups in total. The van der Waals surface area contributed by atoms with Crippen LogP contribution in [0.4, 0.5) is 17.1 Å². The van der Waals surface area contributed by atoms with Gasteiger partial charge in [-0.2, -0.15) is 0 Å². The molecule has 0 aromatic heterocycles. The number of para-hydroxylation sites is 1. The molecule has 0 radical (unpaired) electrons. The Kier molecular flexibility index (Phi) is 8.50. The van der Waals surface area contributed by atoms with Gasteiger partial charge in [0.15, 0.2) is 6.61 Å². The Balaban J connectivity index is 1.75. The summed E-state index contributed by atoms with van der Waals surface area (Å²) < 4.78 is 9.85. The van der Waals surface area contributed by atoms with Crippen LogP contribution in [0.25, 0.3) is 0 Å². The largest absolute Gasteiger partial charge is 0.497 e. The van der Waals surface area contributed by atoms with Gasteiger partial charge in [-0.15, -0.1) is 0 Å². The van der Waals surface area contributed by atoms with Gasteiger partial charge in [-0.3, -0.25) is 24.5 Å². The number of carbonyl (C=O) groups is 3. The number of amides is 2. The van der Waals surface area contributed by atoms with Crippen molar-refractivity contribution in [3.8, 4) is 5.75 Å². The van der Waals surface area contributed by atoms with Crippen molar-refractivity contribution in [2.24, 2.45) is 0 Å². The van der Waals surface area contributed by atoms with Crippen LogP contribution < -0.4 is 15.4 Å². The van der Waals surface area contributed by atoms with Gasteiger partial charge in [0.1, 0.15) is 11.4 Å². The van der Waals surface area contributed by atoms with Crippen molar-refractivity contribution in [2.45, 2.75) is 26.2 Å². The molecule has 0 aliphatic rings. The Hall–Kier alpha value is -3.95. The Bertz CT molecular complexity index is 975. The number of hydrogen-bond acceptors (Lipinski definition) is 7. The Morgan fingerprint density at radius 1 is 1.00 bits per heavy atom. The molecule has 0 aliphatic heterocycles. The van der Waals surface area contributed by atoms with Crippen molar-refractivity contribution in [2.75, 3.05) is 24.4 Å². The van der Waals surface area contributed by atoms with E-state index in [2.05, 4.69) is 10.6 Å². The lowest BCUT2D eigenvalue weighted by atomic mass is 10.2. The molecule has 0 atom stereocenters. The van der Waals surface area contributed by atoms with Crippen molar-refractivity contribution in [1.29, 1.82) is 0 Å². The zero-order valence-electron chi connectivity index (χ0n) is 17.2. The first-order valence-electron chi connectivity index (χ1n) is 9.43. The van der Waals surface area contributed by atoms with Gasteiger partial charge < -0.3 is 20.1 Å². The quantitative estimate of drug-likeness (QED) is 0.336. The number of nitrogens with one attached hydrogen (secondary N) is 2. The summed E-state index contributed by atoms with van der Waals surface area (Å²) in [5, 5.41) is 16.2. The van der Waals surface area contributed by atoms with E-state index in [0.717, 1.165) is 5.56 Å². The number of rotatable bonds is 10. The fourth-order valence-corrected chi connectivity index (χ4v) is 2.63. The lowest BCUT2D eigenvalue weighted by Gasteiger charge is -2.09. The van der Waals surface area contributed by atoms with Gasteiger partial charge in [-0.25, -0.2) is 0 Å². The highest BCUT2D eigenvalue weighted by molar-refractivity contribution is 5.95. The van der Waals surface area contributed by atoms with Crippen molar-refractivity contribution in [3.05, 3.63) is 58.1 Å². The highest BCUT2D eigenvalue weighted by Gasteiger charge is 2.18. The molecule has 164 valence electrons. The number of nitro groups is 1. The van der Waals surface area contributed by atoms with E-state index in [1.54, 1.807) is 6.07 Å². The molecule has 0 fully saturated rings. The number of hydrogen-bond donors (Lipinski definition) is 2. The Morgan fingerprint density at radius 2 is 1.71 bits per heavy atom. The molecule has 0 aliphatic carbocycles. The third-order valence-electron chi connectivity index (χ3n) is 4.24. The maximum absolute atomic E-state index is 12.0. The minimum atomic E-state index is -0.734. The van der Waals surface area contributed by atoms with Crippen LogP contribution in [0.15, 0.2) is 42.5 Å². The first kappa shape index (κ1) is 23.3. The second-order valence-corrected chi connectivity index (χ2v) is 6.57. The molecule has 2 rings (SSSR count). The van der Waals surface area contributed by atoms with Crippen LogP contribution in [0.1, 0.15) is 24.8 Å². The highest BCUT2D eigenvalue weighted by Crippen LogP contribution is 2.28. The van der Waals surface area contributed by atoms with Gasteiger partial charge in [-0.05, 0) is 31.0 Å². The van der Waals surface area contributed by atoms with Crippen LogP contribution >= 0.6 is 0 Å². The van der Waals surface area contributed by atoms with Gasteiger partial charge >= 0.3 is 5.97 Å². The van der Waals surface area contributed by atoms with E-state index in [-0.39, 0.29) is 36.5 Å². The smallest absolute Gasteiger partial charge is 0.306 e. The molecule has 2 aromatic carbocycles. The number of carbonyl (C=O) groups excluding carboxylic acids is 3. The van der Waals surface area contributed by atoms with Crippen LogP contribution in [-0.2, 0) is 19.1 Å². The first-order chi connectivity index (χ1) is 14.8. The van der Waals surface area contributed by atoms with Crippen molar-refractivity contribution in [3.63, 3.8) is 0 Å². The monoisotopic (exact) mass is 429 g/mol. The molecule has 0 spiro atoms. The standard InChI is InChI=1S/C21H23N3O7/c1-14-6-3-4-7-16(14)22-19(25)8-5-9-21(27)31-13-20(26)23-17-12-15(30-2)10-11-18(17)24(28)29/h3-4,6-7,10-12H,5,8-9,13H2,1-2H3,(H,22,25)(H,23,26). The second-order valence-electron chi connectivity index (χ2n) is 6.57. The zero-order chi connectivity index (χ0) is 22.8. The molecule has 10 nitrogen and oxygen atoms in total. The first-order valence-corrected chi connectivity index (χ1v) is 9.43. The van der Waals surface area contributed by atoms with E-state index < -0.39 is 23.4 Å². The van der Waals surface area contributed by atoms with E-state index in [4.69, 9.17) is 9.47 Å². The molecule has 2 aromatic rings. The number of methoxy groups -OCH3 is 1. The van der Waals surface area contributed by atoms with Gasteiger partial charge in [0.2, 0.25) is 5.91 Å². The molecule has 0 bridgehead atoms. The van der Waals surface area contributed by atoms with E-state index in [1.807, 2.05) is 25.1 Å². The maximum Gasteiger partial charge on any atom is 0.306 e. The Labute approximate surface area is 178 Å². The average molecular weight is 429 g/mol. The average Bonchev–Trinajstić information content (AvgIpc) is 2.73. The van der Waals surface area contributed by atoms with Gasteiger partial charge in [0, 0.05) is 30.7 Å². The number of nitrogens with zero attached hydrogens (tertiary/aromatic N) is 1. The van der Waals surface area contributed by atoms with E-state index in [0.29, 0.717) is 11.4 Å². The normalized spacial score (nSPS) is 10.1. The molecule has 0 saturated heterocycles. The molecule has 10 heteroatoms. The molecule has 2 amide bonds. The van der Waals surface area contributed by atoms with Crippen LogP contribution in [0.3, 0.4) is 0 Å². The maximum atomic E-state index is 12.0. The third-order valence-corrected chi connectivity index (χ3v) is 4.24. The molecule has 31 heavy (non-hydrogen) atoms. The summed E-state index contributed by atoms with van der Waals surface area (Å²) in [4.78, 5) is 46.2. The van der Waals surface area contributed by atoms with Gasteiger partial charge in [0.25, 0.3) is 11.6 Å². The summed E-state index contributed by atoms with van der Waals surface area (Å²) in [6.45, 7) is 1.26. The van der Waals surface area contributed by atoms with Crippen LogP contribution in [0, 0.1) is 17.0 Å². The number of nitro benzene ring substituents is 1. The van der Waals surface area contributed by atoms with E-state index >= 15 is 0 Å². The summed E-state index contributed by atoms with van der Waals surface area (Å²) in [5.41, 5.74) is 1.24. The summed E-state index contributed by atoms with van der Waals surface area (Å²) in [5.74, 6) is -1.30. The SMILES string of the molecule is COc1ccc([N+](=O)[O-])c(NC(=O)COC(=O)CCCC(=O)Nc2ccccc2C)c1. The lowest BCUT2D eigenvalue weighted by molar-refractivity contribution is -0.383. The predicted octanol–water partition coefficient (Wildman–Crippen LogP) is 3.20. The molecular weight excluding hydrogens is 406 g/mol. The second kappa shape index (κ2) is 11.3. The van der Waals surface area contributed by atoms with Crippen molar-refractivity contribution < 1.29 is 28.8 Å². The summed E-state index contributed by atoms with van der Waals surface area (Å²) in [6.07, 6.45) is 0.318. The lowest BCUT2D eigenvalue weighted by Crippen LogP contribution is -2.21. The molecular formula is C21H23N3O7. The summed E-state index contributed by atoms with van der Waals surface area (Å²) >= 11 is 0. The number of anilines is 2. The molecule has 0 unspecified atom stereocenters. The van der Waals surface area contributed by atoms with E-state index in [9.17, 15) is 24.5 Å². The highest BCUT2D eigenvalue weighted by atomic mass is 16.6. The van der Waals surface area contributed by atoms with Crippen molar-refractivity contribution in [1.82, 2.24) is 0 Å². The van der Waals surface area contributed by atoms with Gasteiger partial charge in [-0.1, -0.05) is 18.2 Å². The fourth-order valence-electron chi connectivity index (χ4n) is 2.63.